The number of hydrogen-bond acceptors (Lipinski definition) is 4. The SMILES string of the molecule is Cc1cc(NC(=O)[C@H](c2ccccc2)N2CCCc3ccccc32)no1. The monoisotopic (exact) mass is 347 g/mol. The zero-order valence-electron chi connectivity index (χ0n) is 14.7. The van der Waals surface area contributed by atoms with Gasteiger partial charge in [-0.15, -0.1) is 0 Å². The largest absolute Gasteiger partial charge is 0.360 e. The Labute approximate surface area is 152 Å². The number of carbonyl (C=O) groups excluding carboxylic acids is 1. The molecule has 0 saturated heterocycles. The molecule has 1 aliphatic rings. The van der Waals surface area contributed by atoms with E-state index in [0.717, 1.165) is 30.6 Å². The number of fused-ring (bicyclic) bond motifs is 1. The number of para-hydroxylation sites is 1. The van der Waals surface area contributed by atoms with Crippen molar-refractivity contribution in [2.75, 3.05) is 16.8 Å². The van der Waals surface area contributed by atoms with Gasteiger partial charge in [0.15, 0.2) is 5.82 Å². The van der Waals surface area contributed by atoms with E-state index in [1.165, 1.54) is 5.56 Å². The van der Waals surface area contributed by atoms with Gasteiger partial charge in [0, 0.05) is 18.3 Å². The second-order valence-corrected chi connectivity index (χ2v) is 6.55. The highest BCUT2D eigenvalue weighted by molar-refractivity contribution is 5.97. The van der Waals surface area contributed by atoms with E-state index >= 15 is 0 Å². The summed E-state index contributed by atoms with van der Waals surface area (Å²) in [5, 5.41) is 6.80. The smallest absolute Gasteiger partial charge is 0.252 e. The van der Waals surface area contributed by atoms with Gasteiger partial charge in [0.2, 0.25) is 0 Å². The highest BCUT2D eigenvalue weighted by atomic mass is 16.5. The number of nitrogens with zero attached hydrogens (tertiary/aromatic N) is 2. The molecule has 1 amide bonds. The van der Waals surface area contributed by atoms with Crippen molar-refractivity contribution in [2.45, 2.75) is 25.8 Å². The number of nitrogens with one attached hydrogen (secondary N) is 1. The molecule has 1 aliphatic heterocycles. The second-order valence-electron chi connectivity index (χ2n) is 6.55. The second kappa shape index (κ2) is 7.04. The fourth-order valence-electron chi connectivity index (χ4n) is 3.56. The minimum absolute atomic E-state index is 0.110. The first-order valence-corrected chi connectivity index (χ1v) is 8.86. The van der Waals surface area contributed by atoms with Crippen LogP contribution in [0, 0.1) is 6.92 Å². The van der Waals surface area contributed by atoms with Crippen LogP contribution in [0.4, 0.5) is 11.5 Å². The third kappa shape index (κ3) is 3.20. The van der Waals surface area contributed by atoms with Crippen molar-refractivity contribution in [3.8, 4) is 0 Å². The van der Waals surface area contributed by atoms with E-state index in [1.54, 1.807) is 13.0 Å². The molecule has 1 atom stereocenters. The Morgan fingerprint density at radius 3 is 2.69 bits per heavy atom. The lowest BCUT2D eigenvalue weighted by Gasteiger charge is -2.37. The van der Waals surface area contributed by atoms with Gasteiger partial charge in [-0.3, -0.25) is 4.79 Å². The lowest BCUT2D eigenvalue weighted by molar-refractivity contribution is -0.117. The zero-order valence-corrected chi connectivity index (χ0v) is 14.7. The van der Waals surface area contributed by atoms with Crippen molar-refractivity contribution in [3.63, 3.8) is 0 Å². The molecular formula is C21H21N3O2. The molecule has 0 saturated carbocycles. The summed E-state index contributed by atoms with van der Waals surface area (Å²) in [6.45, 7) is 2.64. The minimum Gasteiger partial charge on any atom is -0.360 e. The van der Waals surface area contributed by atoms with Gasteiger partial charge >= 0.3 is 0 Å². The average molecular weight is 347 g/mol. The fourth-order valence-corrected chi connectivity index (χ4v) is 3.56. The Bertz CT molecular complexity index is 904. The topological polar surface area (TPSA) is 58.4 Å². The molecule has 0 aliphatic carbocycles. The van der Waals surface area contributed by atoms with Crippen LogP contribution in [0.3, 0.4) is 0 Å². The number of rotatable bonds is 4. The van der Waals surface area contributed by atoms with Crippen LogP contribution in [0.1, 0.15) is 29.3 Å². The fraction of sp³-hybridized carbons (Fsp3) is 0.238. The average Bonchev–Trinajstić information content (AvgIpc) is 3.08. The maximum atomic E-state index is 13.2. The van der Waals surface area contributed by atoms with E-state index in [-0.39, 0.29) is 5.91 Å². The van der Waals surface area contributed by atoms with Crippen molar-refractivity contribution < 1.29 is 9.32 Å². The summed E-state index contributed by atoms with van der Waals surface area (Å²) in [7, 11) is 0. The normalized spacial score (nSPS) is 14.6. The molecule has 1 N–H and O–H groups in total. The van der Waals surface area contributed by atoms with Crippen LogP contribution in [0.2, 0.25) is 0 Å². The predicted molar refractivity (Wildman–Crippen MR) is 101 cm³/mol. The van der Waals surface area contributed by atoms with Gasteiger partial charge in [-0.25, -0.2) is 0 Å². The number of amides is 1. The van der Waals surface area contributed by atoms with E-state index in [0.29, 0.717) is 11.6 Å². The quantitative estimate of drug-likeness (QED) is 0.771. The van der Waals surface area contributed by atoms with Gasteiger partial charge < -0.3 is 14.7 Å². The Morgan fingerprint density at radius 1 is 1.15 bits per heavy atom. The number of hydrogen-bond donors (Lipinski definition) is 1. The number of carbonyl (C=O) groups is 1. The number of aryl methyl sites for hydroxylation is 2. The van der Waals surface area contributed by atoms with Crippen LogP contribution >= 0.6 is 0 Å². The molecular weight excluding hydrogens is 326 g/mol. The number of benzene rings is 2. The predicted octanol–water partition coefficient (Wildman–Crippen LogP) is 4.12. The van der Waals surface area contributed by atoms with E-state index in [2.05, 4.69) is 33.6 Å². The van der Waals surface area contributed by atoms with Gasteiger partial charge in [0.25, 0.3) is 5.91 Å². The molecule has 2 aromatic carbocycles. The van der Waals surface area contributed by atoms with Crippen molar-refractivity contribution in [1.82, 2.24) is 5.16 Å². The summed E-state index contributed by atoms with van der Waals surface area (Å²) in [5.74, 6) is 1.000. The summed E-state index contributed by atoms with van der Waals surface area (Å²) in [4.78, 5) is 15.4. The number of aromatic nitrogens is 1. The maximum Gasteiger partial charge on any atom is 0.252 e. The molecule has 5 heteroatoms. The Morgan fingerprint density at radius 2 is 1.92 bits per heavy atom. The van der Waals surface area contributed by atoms with Crippen molar-refractivity contribution in [2.24, 2.45) is 0 Å². The first kappa shape index (κ1) is 16.4. The van der Waals surface area contributed by atoms with E-state index in [1.807, 2.05) is 36.4 Å². The number of anilines is 2. The van der Waals surface area contributed by atoms with Gasteiger partial charge in [0.1, 0.15) is 11.8 Å². The highest BCUT2D eigenvalue weighted by Crippen LogP contribution is 2.34. The van der Waals surface area contributed by atoms with Crippen LogP contribution in [0.15, 0.2) is 65.2 Å². The van der Waals surface area contributed by atoms with Crippen LogP contribution in [-0.4, -0.2) is 17.6 Å². The minimum atomic E-state index is -0.422. The molecule has 0 fully saturated rings. The highest BCUT2D eigenvalue weighted by Gasteiger charge is 2.31. The van der Waals surface area contributed by atoms with Crippen LogP contribution in [0.5, 0.6) is 0 Å². The van der Waals surface area contributed by atoms with Gasteiger partial charge in [-0.2, -0.15) is 0 Å². The van der Waals surface area contributed by atoms with Crippen LogP contribution < -0.4 is 10.2 Å². The van der Waals surface area contributed by atoms with Crippen LogP contribution in [-0.2, 0) is 11.2 Å². The third-order valence-corrected chi connectivity index (χ3v) is 4.70. The molecule has 0 spiro atoms. The van der Waals surface area contributed by atoms with E-state index in [4.69, 9.17) is 4.52 Å². The lowest BCUT2D eigenvalue weighted by Crippen LogP contribution is -2.40. The van der Waals surface area contributed by atoms with E-state index in [9.17, 15) is 4.79 Å². The Balaban J connectivity index is 1.71. The Kier molecular flexibility index (Phi) is 4.44. The van der Waals surface area contributed by atoms with Crippen molar-refractivity contribution in [1.29, 1.82) is 0 Å². The Hall–Kier alpha value is -3.08. The molecule has 26 heavy (non-hydrogen) atoms. The van der Waals surface area contributed by atoms with Crippen molar-refractivity contribution in [3.05, 3.63) is 77.6 Å². The molecule has 1 aromatic heterocycles. The molecule has 0 bridgehead atoms. The summed E-state index contributed by atoms with van der Waals surface area (Å²) in [5.41, 5.74) is 3.37. The molecule has 132 valence electrons. The molecule has 4 rings (SSSR count). The molecule has 2 heterocycles. The van der Waals surface area contributed by atoms with Gasteiger partial charge in [-0.05, 0) is 37.0 Å². The lowest BCUT2D eigenvalue weighted by atomic mass is 9.96. The first-order chi connectivity index (χ1) is 12.7. The maximum absolute atomic E-state index is 13.2. The third-order valence-electron chi connectivity index (χ3n) is 4.70. The van der Waals surface area contributed by atoms with Crippen LogP contribution in [0.25, 0.3) is 0 Å². The molecule has 0 unspecified atom stereocenters. The van der Waals surface area contributed by atoms with E-state index < -0.39 is 6.04 Å². The van der Waals surface area contributed by atoms with Gasteiger partial charge in [-0.1, -0.05) is 53.7 Å². The molecule has 3 aromatic rings. The summed E-state index contributed by atoms with van der Waals surface area (Å²) < 4.78 is 5.07. The molecule has 5 nitrogen and oxygen atoms in total. The summed E-state index contributed by atoms with van der Waals surface area (Å²) >= 11 is 0. The first-order valence-electron chi connectivity index (χ1n) is 8.86. The summed E-state index contributed by atoms with van der Waals surface area (Å²) in [6.07, 6.45) is 2.06. The summed E-state index contributed by atoms with van der Waals surface area (Å²) in [6, 6.07) is 19.5. The standard InChI is InChI=1S/C21H21N3O2/c1-15-14-19(23-26-15)22-21(25)20(17-9-3-2-4-10-17)24-13-7-11-16-8-5-6-12-18(16)24/h2-6,8-10,12,14,20H,7,11,13H2,1H3,(H,22,23,25)/t20-/m0/s1. The van der Waals surface area contributed by atoms with Gasteiger partial charge in [0.05, 0.1) is 0 Å². The molecule has 0 radical (unpaired) electrons. The van der Waals surface area contributed by atoms with Crippen molar-refractivity contribution >= 4 is 17.4 Å². The zero-order chi connectivity index (χ0) is 17.9.